The summed E-state index contributed by atoms with van der Waals surface area (Å²) in [4.78, 5) is 23.6. The molecule has 0 aliphatic carbocycles. The second-order valence-corrected chi connectivity index (χ2v) is 6.77. The number of hydrogen-bond acceptors (Lipinski definition) is 4. The van der Waals surface area contributed by atoms with Crippen molar-refractivity contribution in [3.63, 3.8) is 0 Å². The molecule has 146 valence electrons. The third kappa shape index (κ3) is 7.19. The Hall–Kier alpha value is -2.61. The molecule has 2 aromatic carbocycles. The van der Waals surface area contributed by atoms with Crippen LogP contribution in [0.1, 0.15) is 11.1 Å². The molecule has 2 aromatic rings. The van der Waals surface area contributed by atoms with Crippen LogP contribution in [-0.2, 0) is 9.59 Å². The van der Waals surface area contributed by atoms with Gasteiger partial charge in [0, 0.05) is 16.1 Å². The molecule has 2 rings (SSSR count). The van der Waals surface area contributed by atoms with Gasteiger partial charge in [0.05, 0.1) is 0 Å². The summed E-state index contributed by atoms with van der Waals surface area (Å²) in [6.07, 6.45) is 2.84. The van der Waals surface area contributed by atoms with Crippen LogP contribution < -0.4 is 20.9 Å². The molecule has 0 aliphatic rings. The molecule has 0 radical (unpaired) electrons. The topological polar surface area (TPSA) is 79.5 Å². The van der Waals surface area contributed by atoms with Crippen molar-refractivity contribution < 1.29 is 14.3 Å². The number of rotatable bonds is 5. The largest absolute Gasteiger partial charge is 0.484 e. The Morgan fingerprint density at radius 1 is 1.11 bits per heavy atom. The minimum absolute atomic E-state index is 0.0653. The van der Waals surface area contributed by atoms with Gasteiger partial charge < -0.3 is 4.74 Å². The van der Waals surface area contributed by atoms with Crippen molar-refractivity contribution in [1.29, 1.82) is 0 Å². The Morgan fingerprint density at radius 2 is 1.86 bits per heavy atom. The third-order valence-corrected chi connectivity index (χ3v) is 4.34. The first-order valence-corrected chi connectivity index (χ1v) is 9.23. The third-order valence-electron chi connectivity index (χ3n) is 3.37. The van der Waals surface area contributed by atoms with Crippen LogP contribution in [0.5, 0.6) is 5.75 Å². The fourth-order valence-corrected chi connectivity index (χ4v) is 2.45. The number of hydrogen-bond donors (Lipinski definition) is 3. The first kappa shape index (κ1) is 21.7. The van der Waals surface area contributed by atoms with E-state index in [4.69, 9.17) is 40.2 Å². The molecule has 0 fully saturated rings. The molecule has 3 N–H and O–H groups in total. The molecule has 0 aromatic heterocycles. The maximum Gasteiger partial charge on any atom is 0.276 e. The van der Waals surface area contributed by atoms with Crippen molar-refractivity contribution in [1.82, 2.24) is 16.2 Å². The van der Waals surface area contributed by atoms with Gasteiger partial charge in [0.2, 0.25) is 5.91 Å². The Morgan fingerprint density at radius 3 is 2.57 bits per heavy atom. The molecule has 0 saturated carbocycles. The highest BCUT2D eigenvalue weighted by atomic mass is 35.5. The average molecular weight is 438 g/mol. The number of aryl methyl sites for hydroxylation is 1. The second kappa shape index (κ2) is 10.7. The zero-order valence-corrected chi connectivity index (χ0v) is 17.1. The van der Waals surface area contributed by atoms with E-state index >= 15 is 0 Å². The van der Waals surface area contributed by atoms with Crippen LogP contribution in [0.4, 0.5) is 0 Å². The van der Waals surface area contributed by atoms with Crippen molar-refractivity contribution in [3.8, 4) is 5.75 Å². The number of halogens is 2. The summed E-state index contributed by atoms with van der Waals surface area (Å²) >= 11 is 16.9. The maximum absolute atomic E-state index is 11.8. The summed E-state index contributed by atoms with van der Waals surface area (Å²) in [5.74, 6) is -0.437. The molecule has 2 amide bonds. The fourth-order valence-electron chi connectivity index (χ4n) is 1.98. The summed E-state index contributed by atoms with van der Waals surface area (Å²) in [5, 5.41) is 3.47. The smallest absolute Gasteiger partial charge is 0.276 e. The lowest BCUT2D eigenvalue weighted by molar-refractivity contribution is -0.123. The minimum Gasteiger partial charge on any atom is -0.484 e. The van der Waals surface area contributed by atoms with Gasteiger partial charge in [-0.2, -0.15) is 0 Å². The normalized spacial score (nSPS) is 10.4. The Labute approximate surface area is 177 Å². The van der Waals surface area contributed by atoms with E-state index in [0.717, 1.165) is 5.56 Å². The van der Waals surface area contributed by atoms with E-state index in [-0.39, 0.29) is 11.7 Å². The number of thiocarbonyl (C=S) groups is 1. The summed E-state index contributed by atoms with van der Waals surface area (Å²) in [6.45, 7) is 1.59. The highest BCUT2D eigenvalue weighted by molar-refractivity contribution is 7.80. The van der Waals surface area contributed by atoms with Crippen LogP contribution in [0.15, 0.2) is 48.5 Å². The van der Waals surface area contributed by atoms with E-state index < -0.39 is 11.8 Å². The van der Waals surface area contributed by atoms with E-state index in [1.807, 2.05) is 6.92 Å². The van der Waals surface area contributed by atoms with E-state index in [9.17, 15) is 9.59 Å². The van der Waals surface area contributed by atoms with Gasteiger partial charge in [-0.3, -0.25) is 25.8 Å². The van der Waals surface area contributed by atoms with E-state index in [2.05, 4.69) is 16.2 Å². The van der Waals surface area contributed by atoms with Gasteiger partial charge in [-0.05, 0) is 60.6 Å². The summed E-state index contributed by atoms with van der Waals surface area (Å²) in [5.41, 5.74) is 6.28. The Balaban J connectivity index is 1.72. The molecule has 0 heterocycles. The van der Waals surface area contributed by atoms with Gasteiger partial charge in [-0.25, -0.2) is 0 Å². The minimum atomic E-state index is -0.476. The number of nitrogens with one attached hydrogen (secondary N) is 3. The molecular formula is C19H17Cl2N3O3S. The van der Waals surface area contributed by atoms with Crippen molar-refractivity contribution in [2.75, 3.05) is 6.61 Å². The lowest BCUT2D eigenvalue weighted by atomic mass is 10.2. The van der Waals surface area contributed by atoms with Gasteiger partial charge in [-0.15, -0.1) is 0 Å². The van der Waals surface area contributed by atoms with Crippen LogP contribution in [0.25, 0.3) is 6.08 Å². The van der Waals surface area contributed by atoms with E-state index in [1.165, 1.54) is 6.08 Å². The van der Waals surface area contributed by atoms with E-state index in [1.54, 1.807) is 48.5 Å². The highest BCUT2D eigenvalue weighted by Gasteiger charge is 2.06. The van der Waals surface area contributed by atoms with Gasteiger partial charge in [0.25, 0.3) is 5.91 Å². The summed E-state index contributed by atoms with van der Waals surface area (Å²) in [6, 6.07) is 12.1. The monoisotopic (exact) mass is 437 g/mol. The van der Waals surface area contributed by atoms with Crippen molar-refractivity contribution in [3.05, 3.63) is 69.7 Å². The average Bonchev–Trinajstić information content (AvgIpc) is 2.66. The van der Waals surface area contributed by atoms with Crippen molar-refractivity contribution in [2.24, 2.45) is 0 Å². The van der Waals surface area contributed by atoms with Crippen molar-refractivity contribution in [2.45, 2.75) is 6.92 Å². The molecule has 9 heteroatoms. The number of carbonyl (C=O) groups is 2. The number of benzene rings is 2. The standard InChI is InChI=1S/C19H17Cl2N3O3S/c1-12-10-14(7-8-15(12)20)27-11-18(26)23-24-19(28)22-17(25)9-6-13-4-2-3-5-16(13)21/h2-10H,11H2,1H3,(H,23,26)(H2,22,24,25,28)/b9-6+. The molecule has 0 unspecified atom stereocenters. The summed E-state index contributed by atoms with van der Waals surface area (Å²) in [7, 11) is 0. The molecular weight excluding hydrogens is 421 g/mol. The predicted molar refractivity (Wildman–Crippen MR) is 114 cm³/mol. The Bertz CT molecular complexity index is 919. The molecule has 6 nitrogen and oxygen atoms in total. The molecule has 0 bridgehead atoms. The van der Waals surface area contributed by atoms with Crippen LogP contribution in [0.2, 0.25) is 10.0 Å². The molecule has 0 saturated heterocycles. The lowest BCUT2D eigenvalue weighted by Gasteiger charge is -2.11. The highest BCUT2D eigenvalue weighted by Crippen LogP contribution is 2.20. The molecule has 0 atom stereocenters. The van der Waals surface area contributed by atoms with Crippen molar-refractivity contribution >= 4 is 58.4 Å². The molecule has 0 aliphatic heterocycles. The number of amides is 2. The van der Waals surface area contributed by atoms with Gasteiger partial charge in [0.1, 0.15) is 5.75 Å². The van der Waals surface area contributed by atoms with Gasteiger partial charge in [-0.1, -0.05) is 41.4 Å². The number of ether oxygens (including phenoxy) is 1. The van der Waals surface area contributed by atoms with Crippen LogP contribution >= 0.6 is 35.4 Å². The number of carbonyl (C=O) groups excluding carboxylic acids is 2. The van der Waals surface area contributed by atoms with E-state index in [0.29, 0.717) is 21.4 Å². The second-order valence-electron chi connectivity index (χ2n) is 5.55. The van der Waals surface area contributed by atoms with Crippen LogP contribution in [-0.4, -0.2) is 23.5 Å². The zero-order valence-electron chi connectivity index (χ0n) is 14.8. The predicted octanol–water partition coefficient (Wildman–Crippen LogP) is 3.42. The summed E-state index contributed by atoms with van der Waals surface area (Å²) < 4.78 is 5.35. The van der Waals surface area contributed by atoms with Crippen LogP contribution in [0, 0.1) is 6.92 Å². The Kier molecular flexibility index (Phi) is 8.25. The number of hydrazine groups is 1. The lowest BCUT2D eigenvalue weighted by Crippen LogP contribution is -2.49. The fraction of sp³-hybridized carbons (Fsp3) is 0.105. The van der Waals surface area contributed by atoms with Gasteiger partial charge >= 0.3 is 0 Å². The first-order valence-electron chi connectivity index (χ1n) is 8.06. The van der Waals surface area contributed by atoms with Crippen LogP contribution in [0.3, 0.4) is 0 Å². The molecule has 28 heavy (non-hydrogen) atoms. The SMILES string of the molecule is Cc1cc(OCC(=O)NNC(=S)NC(=O)/C=C/c2ccccc2Cl)ccc1Cl. The maximum atomic E-state index is 11.8. The zero-order chi connectivity index (χ0) is 20.5. The molecule has 0 spiro atoms. The van der Waals surface area contributed by atoms with Gasteiger partial charge in [0.15, 0.2) is 11.7 Å². The quantitative estimate of drug-likeness (QED) is 0.379. The first-order chi connectivity index (χ1) is 13.3.